The molecule has 2 heterocycles. The molecule has 1 aromatic heterocycles. The summed E-state index contributed by atoms with van der Waals surface area (Å²) in [4.78, 5) is 29.1. The number of halogens is 1. The summed E-state index contributed by atoms with van der Waals surface area (Å²) in [6.45, 7) is 1.91. The van der Waals surface area contributed by atoms with E-state index >= 15 is 0 Å². The number of likely N-dealkylation sites (tertiary alicyclic amines) is 1. The molecule has 0 saturated carbocycles. The number of hydrogen-bond acceptors (Lipinski definition) is 5. The fourth-order valence-electron chi connectivity index (χ4n) is 3.46. The van der Waals surface area contributed by atoms with Crippen molar-refractivity contribution in [3.63, 3.8) is 0 Å². The molecule has 3 aromatic rings. The topological polar surface area (TPSA) is 88.2 Å². The number of nitrogens with zero attached hydrogens (tertiary/aromatic N) is 3. The van der Waals surface area contributed by atoms with Gasteiger partial charge in [0.05, 0.1) is 0 Å². The minimum atomic E-state index is -0.337. The van der Waals surface area contributed by atoms with Crippen molar-refractivity contribution in [2.75, 3.05) is 13.1 Å². The van der Waals surface area contributed by atoms with Crippen LogP contribution in [-0.2, 0) is 17.8 Å². The molecule has 31 heavy (non-hydrogen) atoms. The molecule has 1 fully saturated rings. The molecule has 0 spiro atoms. The molecule has 1 aliphatic heterocycles. The molecule has 1 saturated heterocycles. The zero-order valence-corrected chi connectivity index (χ0v) is 17.0. The second-order valence-corrected chi connectivity index (χ2v) is 7.48. The van der Waals surface area contributed by atoms with Gasteiger partial charge in [0.15, 0.2) is 5.82 Å². The number of benzene rings is 2. The molecule has 0 atom stereocenters. The maximum atomic E-state index is 13.0. The van der Waals surface area contributed by atoms with Crippen LogP contribution in [-0.4, -0.2) is 39.1 Å². The number of H-pyrrole nitrogens is 1. The molecule has 2 aromatic carbocycles. The number of rotatable bonds is 7. The van der Waals surface area contributed by atoms with Crippen LogP contribution in [0.5, 0.6) is 5.75 Å². The summed E-state index contributed by atoms with van der Waals surface area (Å²) in [6.07, 6.45) is 2.61. The van der Waals surface area contributed by atoms with Crippen molar-refractivity contribution < 1.29 is 13.9 Å². The highest BCUT2D eigenvalue weighted by Gasteiger charge is 2.18. The van der Waals surface area contributed by atoms with E-state index < -0.39 is 0 Å². The third-order valence-electron chi connectivity index (χ3n) is 5.25. The van der Waals surface area contributed by atoms with Gasteiger partial charge < -0.3 is 14.6 Å². The highest BCUT2D eigenvalue weighted by molar-refractivity contribution is 5.76. The number of carbonyl (C=O) groups is 1. The highest BCUT2D eigenvalue weighted by atomic mass is 19.1. The van der Waals surface area contributed by atoms with Gasteiger partial charge in [-0.2, -0.15) is 0 Å². The van der Waals surface area contributed by atoms with Gasteiger partial charge >= 0.3 is 0 Å². The van der Waals surface area contributed by atoms with Gasteiger partial charge in [-0.25, -0.2) is 4.39 Å². The van der Waals surface area contributed by atoms with E-state index in [1.165, 1.54) is 12.1 Å². The Morgan fingerprint density at radius 3 is 2.42 bits per heavy atom. The van der Waals surface area contributed by atoms with Crippen LogP contribution in [0.25, 0.3) is 11.4 Å². The zero-order chi connectivity index (χ0) is 21.6. The lowest BCUT2D eigenvalue weighted by Crippen LogP contribution is -2.28. The van der Waals surface area contributed by atoms with Crippen molar-refractivity contribution in [1.29, 1.82) is 0 Å². The summed E-state index contributed by atoms with van der Waals surface area (Å²) >= 11 is 0. The highest BCUT2D eigenvalue weighted by Crippen LogP contribution is 2.19. The minimum Gasteiger partial charge on any atom is -0.489 e. The summed E-state index contributed by atoms with van der Waals surface area (Å²) in [5, 5.41) is 8.14. The number of ether oxygens (including phenoxy) is 1. The van der Waals surface area contributed by atoms with E-state index in [0.29, 0.717) is 23.7 Å². The van der Waals surface area contributed by atoms with Crippen molar-refractivity contribution >= 4 is 5.91 Å². The summed E-state index contributed by atoms with van der Waals surface area (Å²) in [5.74, 6) is 0.761. The largest absolute Gasteiger partial charge is 0.489 e. The molecule has 160 valence electrons. The van der Waals surface area contributed by atoms with Gasteiger partial charge in [-0.1, -0.05) is 12.1 Å². The fourth-order valence-corrected chi connectivity index (χ4v) is 3.46. The zero-order valence-electron chi connectivity index (χ0n) is 17.0. The average Bonchev–Trinajstić information content (AvgIpc) is 3.33. The molecular weight excluding hydrogens is 399 g/mol. The molecule has 0 unspecified atom stereocenters. The number of aromatic amines is 1. The monoisotopic (exact) mass is 422 g/mol. The minimum absolute atomic E-state index is 0.0546. The van der Waals surface area contributed by atoms with Gasteiger partial charge in [0.1, 0.15) is 23.9 Å². The Morgan fingerprint density at radius 1 is 1.03 bits per heavy atom. The number of nitrogens with one attached hydrogen (secondary N) is 1. The van der Waals surface area contributed by atoms with Gasteiger partial charge in [-0.15, -0.1) is 10.2 Å². The Labute approximate surface area is 178 Å². The summed E-state index contributed by atoms with van der Waals surface area (Å²) in [6, 6.07) is 13.2. The molecule has 7 nitrogen and oxygen atoms in total. The summed E-state index contributed by atoms with van der Waals surface area (Å²) < 4.78 is 18.7. The number of amides is 1. The fraction of sp³-hybridized carbons (Fsp3) is 0.304. The Morgan fingerprint density at radius 2 is 1.74 bits per heavy atom. The molecule has 8 heteroatoms. The lowest BCUT2D eigenvalue weighted by molar-refractivity contribution is -0.130. The van der Waals surface area contributed by atoms with Crippen molar-refractivity contribution in [2.45, 2.75) is 32.3 Å². The van der Waals surface area contributed by atoms with Crippen LogP contribution >= 0.6 is 0 Å². The van der Waals surface area contributed by atoms with Crippen LogP contribution in [0, 0.1) is 5.82 Å². The van der Waals surface area contributed by atoms with Crippen LogP contribution < -0.4 is 10.3 Å². The molecule has 0 aliphatic carbocycles. The van der Waals surface area contributed by atoms with Crippen LogP contribution in [0.3, 0.4) is 0 Å². The molecule has 0 bridgehead atoms. The predicted molar refractivity (Wildman–Crippen MR) is 113 cm³/mol. The van der Waals surface area contributed by atoms with Crippen molar-refractivity contribution in [3.05, 3.63) is 76.0 Å². The first-order chi connectivity index (χ1) is 15.1. The van der Waals surface area contributed by atoms with E-state index in [2.05, 4.69) is 15.2 Å². The molecule has 1 N–H and O–H groups in total. The molecule has 1 amide bonds. The Hall–Kier alpha value is -3.55. The van der Waals surface area contributed by atoms with Crippen molar-refractivity contribution in [2.24, 2.45) is 0 Å². The number of aryl methyl sites for hydroxylation is 1. The Bertz CT molecular complexity index is 1090. The van der Waals surface area contributed by atoms with Gasteiger partial charge in [0.25, 0.3) is 5.56 Å². The number of hydrogen-bond donors (Lipinski definition) is 1. The molecular formula is C23H23FN4O3. The van der Waals surface area contributed by atoms with E-state index in [1.807, 2.05) is 4.90 Å². The van der Waals surface area contributed by atoms with Crippen LogP contribution in [0.1, 0.15) is 30.5 Å². The number of aromatic nitrogens is 3. The first-order valence-electron chi connectivity index (χ1n) is 10.3. The third kappa shape index (κ3) is 5.33. The number of carbonyl (C=O) groups excluding carboxylic acids is 1. The quantitative estimate of drug-likeness (QED) is 0.632. The van der Waals surface area contributed by atoms with E-state index in [1.54, 1.807) is 36.4 Å². The summed E-state index contributed by atoms with van der Waals surface area (Å²) in [5.41, 5.74) is 1.48. The van der Waals surface area contributed by atoms with E-state index in [9.17, 15) is 14.0 Å². The average molecular weight is 422 g/mol. The summed E-state index contributed by atoms with van der Waals surface area (Å²) in [7, 11) is 0. The first kappa shape index (κ1) is 20.7. The third-order valence-corrected chi connectivity index (χ3v) is 5.25. The molecule has 1 aliphatic rings. The second-order valence-electron chi connectivity index (χ2n) is 7.48. The van der Waals surface area contributed by atoms with Crippen LogP contribution in [0.15, 0.2) is 53.3 Å². The van der Waals surface area contributed by atoms with Gasteiger partial charge in [0, 0.05) is 31.5 Å². The van der Waals surface area contributed by atoms with E-state index in [4.69, 9.17) is 4.74 Å². The SMILES string of the molecule is O=C(CCc1nnc(-c2ccc(OCc3ccc(F)cc3)cc2)[nH]c1=O)N1CCCC1. The molecule has 0 radical (unpaired) electrons. The first-order valence-corrected chi connectivity index (χ1v) is 10.3. The van der Waals surface area contributed by atoms with Crippen LogP contribution in [0.2, 0.25) is 0 Å². The standard InChI is InChI=1S/C23H23FN4O3/c24-18-7-3-16(4-8-18)15-31-19-9-5-17(6-10-19)22-25-23(30)20(26-27-22)11-12-21(29)28-13-1-2-14-28/h3-10H,1-2,11-15H2,(H,25,27,30). The lowest BCUT2D eigenvalue weighted by Gasteiger charge is -2.14. The maximum Gasteiger partial charge on any atom is 0.273 e. The van der Waals surface area contributed by atoms with Crippen LogP contribution in [0.4, 0.5) is 4.39 Å². The van der Waals surface area contributed by atoms with Gasteiger partial charge in [0.2, 0.25) is 5.91 Å². The maximum absolute atomic E-state index is 13.0. The van der Waals surface area contributed by atoms with Crippen molar-refractivity contribution in [3.8, 4) is 17.1 Å². The second kappa shape index (κ2) is 9.51. The lowest BCUT2D eigenvalue weighted by atomic mass is 10.2. The Balaban J connectivity index is 1.35. The predicted octanol–water partition coefficient (Wildman–Crippen LogP) is 3.11. The Kier molecular flexibility index (Phi) is 6.35. The smallest absolute Gasteiger partial charge is 0.273 e. The van der Waals surface area contributed by atoms with Crippen molar-refractivity contribution in [1.82, 2.24) is 20.1 Å². The normalized spacial score (nSPS) is 13.4. The van der Waals surface area contributed by atoms with E-state index in [0.717, 1.165) is 31.5 Å². The van der Waals surface area contributed by atoms with Gasteiger partial charge in [-0.3, -0.25) is 9.59 Å². The van der Waals surface area contributed by atoms with Gasteiger partial charge in [-0.05, 0) is 54.8 Å². The van der Waals surface area contributed by atoms with E-state index in [-0.39, 0.29) is 35.8 Å². The molecule has 4 rings (SSSR count).